The Hall–Kier alpha value is -3.47. The quantitative estimate of drug-likeness (QED) is 0.402. The summed E-state index contributed by atoms with van der Waals surface area (Å²) >= 11 is 7.13. The van der Waals surface area contributed by atoms with Gasteiger partial charge in [0.2, 0.25) is 5.13 Å². The highest BCUT2D eigenvalue weighted by molar-refractivity contribution is 7.92. The van der Waals surface area contributed by atoms with Gasteiger partial charge in [-0.05, 0) is 48.9 Å². The van der Waals surface area contributed by atoms with Gasteiger partial charge in [0.15, 0.2) is 6.10 Å². The lowest BCUT2D eigenvalue weighted by Gasteiger charge is -2.34. The summed E-state index contributed by atoms with van der Waals surface area (Å²) in [6, 6.07) is 20.4. The number of fused-ring (bicyclic) bond motifs is 1. The molecule has 8 nitrogen and oxygen atoms in total. The van der Waals surface area contributed by atoms with Gasteiger partial charge in [-0.25, -0.2) is 8.42 Å². The number of benzene rings is 3. The van der Waals surface area contributed by atoms with E-state index in [4.69, 9.17) is 16.3 Å². The number of hydrogen-bond acceptors (Lipinski definition) is 7. The molecule has 0 radical (unpaired) electrons. The van der Waals surface area contributed by atoms with Gasteiger partial charge in [0.25, 0.3) is 15.9 Å². The van der Waals surface area contributed by atoms with Crippen molar-refractivity contribution in [3.05, 3.63) is 83.4 Å². The first-order chi connectivity index (χ1) is 16.8. The second kappa shape index (κ2) is 9.29. The Morgan fingerprint density at radius 3 is 2.57 bits per heavy atom. The molecule has 1 atom stereocenters. The number of nitrogens with one attached hydrogen (secondary N) is 1. The molecule has 35 heavy (non-hydrogen) atoms. The third-order valence-electron chi connectivity index (χ3n) is 5.35. The summed E-state index contributed by atoms with van der Waals surface area (Å²) < 4.78 is 34.1. The zero-order chi connectivity index (χ0) is 24.6. The van der Waals surface area contributed by atoms with Crippen LogP contribution in [0.3, 0.4) is 0 Å². The molecule has 2 heterocycles. The van der Waals surface area contributed by atoms with Gasteiger partial charge < -0.3 is 4.74 Å². The summed E-state index contributed by atoms with van der Waals surface area (Å²) in [6.45, 7) is 1.67. The van der Waals surface area contributed by atoms with Crippen molar-refractivity contribution in [3.63, 3.8) is 0 Å². The molecule has 0 saturated heterocycles. The zero-order valence-corrected chi connectivity index (χ0v) is 20.8. The number of sulfonamides is 1. The Bertz CT molecular complexity index is 1490. The molecule has 1 aliphatic heterocycles. The van der Waals surface area contributed by atoms with Crippen molar-refractivity contribution in [2.45, 2.75) is 17.9 Å². The standard InChI is InChI=1S/C24H19ClN4O4S2/c1-15-7-12-19-20(13-15)33-21(14-29(19)35(31,32)18-5-3-2-4-6-18)22(30)26-24-28-27-23(34-24)16-8-10-17(25)11-9-16/h2-13,21H,14H2,1H3,(H,26,28,30)/t21-/m0/s1. The van der Waals surface area contributed by atoms with Crippen molar-refractivity contribution in [2.75, 3.05) is 16.2 Å². The normalized spacial score (nSPS) is 15.3. The van der Waals surface area contributed by atoms with E-state index in [-0.39, 0.29) is 16.6 Å². The van der Waals surface area contributed by atoms with Crippen LogP contribution in [0.4, 0.5) is 10.8 Å². The van der Waals surface area contributed by atoms with Crippen molar-refractivity contribution in [1.29, 1.82) is 0 Å². The minimum absolute atomic E-state index is 0.129. The first kappa shape index (κ1) is 23.3. The predicted octanol–water partition coefficient (Wildman–Crippen LogP) is 4.76. The van der Waals surface area contributed by atoms with E-state index in [1.165, 1.54) is 27.8 Å². The van der Waals surface area contributed by atoms with Crippen LogP contribution < -0.4 is 14.4 Å². The third kappa shape index (κ3) is 4.72. The van der Waals surface area contributed by atoms with Crippen LogP contribution in [0, 0.1) is 6.92 Å². The molecule has 1 N–H and O–H groups in total. The van der Waals surface area contributed by atoms with E-state index in [0.29, 0.717) is 21.5 Å². The first-order valence-electron chi connectivity index (χ1n) is 10.6. The molecule has 0 spiro atoms. The number of carbonyl (C=O) groups excluding carboxylic acids is 1. The monoisotopic (exact) mass is 526 g/mol. The summed E-state index contributed by atoms with van der Waals surface area (Å²) in [4.78, 5) is 13.3. The number of halogens is 1. The molecule has 11 heteroatoms. The minimum atomic E-state index is -3.93. The van der Waals surface area contributed by atoms with Crippen molar-refractivity contribution in [3.8, 4) is 16.3 Å². The molecule has 0 saturated carbocycles. The average molecular weight is 527 g/mol. The number of aryl methyl sites for hydroxylation is 1. The van der Waals surface area contributed by atoms with E-state index >= 15 is 0 Å². The van der Waals surface area contributed by atoms with E-state index in [1.54, 1.807) is 48.5 Å². The third-order valence-corrected chi connectivity index (χ3v) is 8.29. The van der Waals surface area contributed by atoms with Crippen molar-refractivity contribution in [2.24, 2.45) is 0 Å². The molecule has 1 amide bonds. The fraction of sp³-hybridized carbons (Fsp3) is 0.125. The average Bonchev–Trinajstić information content (AvgIpc) is 3.32. The molecule has 0 aliphatic carbocycles. The molecule has 0 fully saturated rings. The number of ether oxygens (including phenoxy) is 1. The van der Waals surface area contributed by atoms with Gasteiger partial charge in [0.05, 0.1) is 17.1 Å². The lowest BCUT2D eigenvalue weighted by Crippen LogP contribution is -2.48. The number of hydrogen-bond donors (Lipinski definition) is 1. The van der Waals surface area contributed by atoms with E-state index in [9.17, 15) is 13.2 Å². The molecular formula is C24H19ClN4O4S2. The van der Waals surface area contributed by atoms with Gasteiger partial charge in [-0.1, -0.05) is 59.3 Å². The van der Waals surface area contributed by atoms with Crippen LogP contribution in [-0.4, -0.2) is 37.2 Å². The van der Waals surface area contributed by atoms with Crippen LogP contribution in [0.5, 0.6) is 5.75 Å². The number of aromatic nitrogens is 2. The Kier molecular flexibility index (Phi) is 6.18. The fourth-order valence-electron chi connectivity index (χ4n) is 3.61. The fourth-order valence-corrected chi connectivity index (χ4v) is 5.99. The van der Waals surface area contributed by atoms with Crippen molar-refractivity contribution >= 4 is 49.7 Å². The molecule has 0 bridgehead atoms. The highest BCUT2D eigenvalue weighted by Crippen LogP contribution is 2.38. The Labute approximate surface area is 211 Å². The van der Waals surface area contributed by atoms with Gasteiger partial charge in [-0.2, -0.15) is 0 Å². The molecule has 178 valence electrons. The number of carbonyl (C=O) groups is 1. The van der Waals surface area contributed by atoms with E-state index in [1.807, 2.05) is 19.1 Å². The largest absolute Gasteiger partial charge is 0.476 e. The van der Waals surface area contributed by atoms with Crippen LogP contribution in [0.15, 0.2) is 77.7 Å². The number of nitrogens with zero attached hydrogens (tertiary/aromatic N) is 3. The molecule has 5 rings (SSSR count). The van der Waals surface area contributed by atoms with E-state index < -0.39 is 22.0 Å². The number of anilines is 2. The predicted molar refractivity (Wildman–Crippen MR) is 136 cm³/mol. The van der Waals surface area contributed by atoms with Gasteiger partial charge in [-0.3, -0.25) is 14.4 Å². The number of amides is 1. The van der Waals surface area contributed by atoms with Crippen molar-refractivity contribution < 1.29 is 17.9 Å². The van der Waals surface area contributed by atoms with Gasteiger partial charge >= 0.3 is 0 Å². The van der Waals surface area contributed by atoms with Crippen molar-refractivity contribution in [1.82, 2.24) is 10.2 Å². The molecule has 1 aliphatic rings. The Balaban J connectivity index is 1.41. The van der Waals surface area contributed by atoms with Crippen LogP contribution in [0.1, 0.15) is 5.56 Å². The topological polar surface area (TPSA) is 101 Å². The molecule has 3 aromatic carbocycles. The summed E-state index contributed by atoms with van der Waals surface area (Å²) in [6.07, 6.45) is -1.09. The van der Waals surface area contributed by atoms with Gasteiger partial charge in [0, 0.05) is 10.6 Å². The second-order valence-corrected chi connectivity index (χ2v) is 11.1. The van der Waals surface area contributed by atoms with Crippen LogP contribution in [0.25, 0.3) is 10.6 Å². The maximum atomic E-state index is 13.5. The first-order valence-corrected chi connectivity index (χ1v) is 13.2. The maximum Gasteiger partial charge on any atom is 0.269 e. The summed E-state index contributed by atoms with van der Waals surface area (Å²) in [7, 11) is -3.93. The minimum Gasteiger partial charge on any atom is -0.476 e. The van der Waals surface area contributed by atoms with Crippen LogP contribution >= 0.6 is 22.9 Å². The molecule has 4 aromatic rings. The van der Waals surface area contributed by atoms with Gasteiger partial charge in [0.1, 0.15) is 10.8 Å². The summed E-state index contributed by atoms with van der Waals surface area (Å²) in [5.74, 6) is -0.209. The number of rotatable bonds is 5. The van der Waals surface area contributed by atoms with Crippen LogP contribution in [0.2, 0.25) is 5.02 Å². The molecule has 1 aromatic heterocycles. The maximum absolute atomic E-state index is 13.5. The van der Waals surface area contributed by atoms with E-state index in [2.05, 4.69) is 15.5 Å². The smallest absolute Gasteiger partial charge is 0.269 e. The zero-order valence-electron chi connectivity index (χ0n) is 18.4. The van der Waals surface area contributed by atoms with E-state index in [0.717, 1.165) is 11.1 Å². The highest BCUT2D eigenvalue weighted by Gasteiger charge is 2.38. The lowest BCUT2D eigenvalue weighted by molar-refractivity contribution is -0.122. The second-order valence-electron chi connectivity index (χ2n) is 7.84. The van der Waals surface area contributed by atoms with Crippen LogP contribution in [-0.2, 0) is 14.8 Å². The Morgan fingerprint density at radius 1 is 1.09 bits per heavy atom. The molecule has 0 unspecified atom stereocenters. The molecular weight excluding hydrogens is 508 g/mol. The lowest BCUT2D eigenvalue weighted by atomic mass is 10.1. The Morgan fingerprint density at radius 2 is 1.83 bits per heavy atom. The van der Waals surface area contributed by atoms with Gasteiger partial charge in [-0.15, -0.1) is 10.2 Å². The summed E-state index contributed by atoms with van der Waals surface area (Å²) in [5, 5.41) is 12.3. The summed E-state index contributed by atoms with van der Waals surface area (Å²) in [5.41, 5.74) is 2.06. The highest BCUT2D eigenvalue weighted by atomic mass is 35.5. The SMILES string of the molecule is Cc1ccc2c(c1)O[C@H](C(=O)Nc1nnc(-c3ccc(Cl)cc3)s1)CN2S(=O)(=O)c1ccccc1.